The van der Waals surface area contributed by atoms with Gasteiger partial charge in [0, 0.05) is 25.7 Å². The van der Waals surface area contributed by atoms with Gasteiger partial charge < -0.3 is 20.2 Å². The summed E-state index contributed by atoms with van der Waals surface area (Å²) in [5.74, 6) is -0.633. The fourth-order valence-electron chi connectivity index (χ4n) is 5.77. The van der Waals surface area contributed by atoms with Crippen LogP contribution in [0.5, 0.6) is 5.75 Å². The molecule has 2 atom stereocenters. The van der Waals surface area contributed by atoms with Crippen molar-refractivity contribution in [3.63, 3.8) is 0 Å². The molecule has 2 aliphatic heterocycles. The number of carbonyl (C=O) groups excluding carboxylic acids is 3. The summed E-state index contributed by atoms with van der Waals surface area (Å²) in [7, 11) is 1.56. The van der Waals surface area contributed by atoms with Crippen molar-refractivity contribution in [3.8, 4) is 5.75 Å². The molecule has 2 aliphatic rings. The number of allylic oxidation sites excluding steroid dienone is 1. The van der Waals surface area contributed by atoms with E-state index in [9.17, 15) is 32.7 Å². The van der Waals surface area contributed by atoms with Gasteiger partial charge in [-0.2, -0.15) is 13.2 Å². The number of carbonyl (C=O) groups is 3. The van der Waals surface area contributed by atoms with Crippen molar-refractivity contribution >= 4 is 36.2 Å². The first-order chi connectivity index (χ1) is 21.4. The topological polar surface area (TPSA) is 96.4 Å². The lowest BCUT2D eigenvalue weighted by Gasteiger charge is -2.54. The molecule has 9 nitrogen and oxygen atoms in total. The molecule has 2 fully saturated rings. The number of anilines is 1. The Morgan fingerprint density at radius 2 is 1.76 bits per heavy atom. The lowest BCUT2D eigenvalue weighted by molar-refractivity contribution is -0.186. The number of halogens is 3. The average Bonchev–Trinajstić information content (AvgIpc) is 2.97. The molecule has 4 amide bonds. The first-order valence-corrected chi connectivity index (χ1v) is 14.1. The number of nitrogens with one attached hydrogen (secondary N) is 1. The summed E-state index contributed by atoms with van der Waals surface area (Å²) in [4.78, 5) is 44.4. The van der Waals surface area contributed by atoms with Crippen LogP contribution in [0.25, 0.3) is 12.7 Å². The highest BCUT2D eigenvalue weighted by atomic mass is 19.4. The predicted molar refractivity (Wildman–Crippen MR) is 162 cm³/mol. The number of benzene rings is 3. The summed E-state index contributed by atoms with van der Waals surface area (Å²) in [5.41, 5.74) is 0.764. The smallest absolute Gasteiger partial charge is 0.416 e. The lowest BCUT2D eigenvalue weighted by atomic mass is 9.98. The Bertz CT molecular complexity index is 1730. The number of hydrazine groups is 1. The Morgan fingerprint density at radius 1 is 1.07 bits per heavy atom. The van der Waals surface area contributed by atoms with E-state index in [0.29, 0.717) is 5.56 Å². The quantitative estimate of drug-likeness (QED) is 0.442. The molecule has 234 valence electrons. The molecule has 2 heterocycles. The van der Waals surface area contributed by atoms with Gasteiger partial charge >= 0.3 is 12.2 Å². The van der Waals surface area contributed by atoms with Gasteiger partial charge in [0.15, 0.2) is 0 Å². The number of hydrogen-bond acceptors (Lipinski definition) is 5. The maximum atomic E-state index is 14.1. The third-order valence-corrected chi connectivity index (χ3v) is 7.91. The summed E-state index contributed by atoms with van der Waals surface area (Å²) in [6.45, 7) is 7.78. The second kappa shape index (κ2) is 12.5. The number of phenols is 1. The Morgan fingerprint density at radius 3 is 2.40 bits per heavy atom. The molecule has 2 saturated heterocycles. The molecule has 5 rings (SSSR count). The van der Waals surface area contributed by atoms with E-state index >= 15 is 0 Å². The number of nitrogens with zero attached hydrogens (tertiary/aromatic N) is 4. The molecule has 0 bridgehead atoms. The van der Waals surface area contributed by atoms with Gasteiger partial charge in [-0.25, -0.2) is 14.8 Å². The van der Waals surface area contributed by atoms with E-state index in [1.807, 2.05) is 18.2 Å². The molecule has 45 heavy (non-hydrogen) atoms. The van der Waals surface area contributed by atoms with Crippen LogP contribution in [0.15, 0.2) is 79.4 Å². The van der Waals surface area contributed by atoms with Crippen LogP contribution in [0.2, 0.25) is 0 Å². The summed E-state index contributed by atoms with van der Waals surface area (Å²) >= 11 is 0. The van der Waals surface area contributed by atoms with Crippen LogP contribution in [0, 0.1) is 0 Å². The van der Waals surface area contributed by atoms with Gasteiger partial charge in [-0.05, 0) is 58.0 Å². The van der Waals surface area contributed by atoms with E-state index in [2.05, 4.69) is 18.5 Å². The number of alkyl halides is 3. The second-order valence-corrected chi connectivity index (χ2v) is 10.9. The molecule has 3 aromatic rings. The average molecular weight is 620 g/mol. The highest BCUT2D eigenvalue weighted by Crippen LogP contribution is 2.31. The molecule has 0 radical (unpaired) electrons. The zero-order valence-corrected chi connectivity index (χ0v) is 24.5. The predicted octanol–water partition coefficient (Wildman–Crippen LogP) is 3.29. The van der Waals surface area contributed by atoms with E-state index in [0.717, 1.165) is 40.3 Å². The third-order valence-electron chi connectivity index (χ3n) is 7.91. The first-order valence-electron chi connectivity index (χ1n) is 14.1. The second-order valence-electron chi connectivity index (χ2n) is 10.9. The van der Waals surface area contributed by atoms with Crippen LogP contribution in [0.3, 0.4) is 0 Å². The van der Waals surface area contributed by atoms with E-state index in [-0.39, 0.29) is 49.3 Å². The zero-order valence-electron chi connectivity index (χ0n) is 24.5. The van der Waals surface area contributed by atoms with E-state index < -0.39 is 30.0 Å². The van der Waals surface area contributed by atoms with Gasteiger partial charge in [0.1, 0.15) is 18.0 Å². The summed E-state index contributed by atoms with van der Waals surface area (Å²) in [6.07, 6.45) is -1.91. The molecule has 2 N–H and O–H groups in total. The Kier molecular flexibility index (Phi) is 8.69. The Balaban J connectivity index is 1.51. The third kappa shape index (κ3) is 6.55. The monoisotopic (exact) mass is 619 g/mol. The fraction of sp³-hybridized carbons (Fsp3) is 0.242. The summed E-state index contributed by atoms with van der Waals surface area (Å²) in [6, 6.07) is 14.2. The molecule has 0 aliphatic carbocycles. The lowest BCUT2D eigenvalue weighted by Crippen LogP contribution is -2.75. The zero-order chi connectivity index (χ0) is 32.5. The number of rotatable bonds is 6. The van der Waals surface area contributed by atoms with Crippen LogP contribution in [0.4, 0.5) is 23.7 Å². The fourth-order valence-corrected chi connectivity index (χ4v) is 5.77. The standard InChI is InChI=1S/C33H32F3N5O4/c1-4-6-27-21(2)7-5-8-23(27)18-39-19-29-40(28(31(39)44)17-22-9-15-26(42)16-10-22)30(43)20-38(3)41(29)32(45)37-25-13-11-24(12-14-25)33(34,35)36/h4-16,28-29,42H,1-2,17-20H2,3H3,(H,37,45)/b27-6+/t28-,29?/m0/s1. The number of piperazine rings is 1. The van der Waals surface area contributed by atoms with Crippen molar-refractivity contribution in [2.24, 2.45) is 0 Å². The van der Waals surface area contributed by atoms with Gasteiger partial charge in [-0.3, -0.25) is 9.59 Å². The van der Waals surface area contributed by atoms with Crippen molar-refractivity contribution in [3.05, 3.63) is 107 Å². The largest absolute Gasteiger partial charge is 0.508 e. The molecule has 3 aromatic carbocycles. The van der Waals surface area contributed by atoms with Crippen LogP contribution in [0.1, 0.15) is 16.7 Å². The molecule has 12 heteroatoms. The maximum Gasteiger partial charge on any atom is 0.416 e. The minimum Gasteiger partial charge on any atom is -0.508 e. The number of likely N-dealkylation sites (N-methyl/N-ethyl adjacent to an activating group) is 1. The Hall–Kier alpha value is -5.10. The molecular weight excluding hydrogens is 587 g/mol. The molecule has 0 aromatic heterocycles. The molecule has 0 saturated carbocycles. The Labute approximate surface area is 257 Å². The highest BCUT2D eigenvalue weighted by molar-refractivity contribution is 5.94. The summed E-state index contributed by atoms with van der Waals surface area (Å²) in [5, 5.41) is 16.7. The minimum absolute atomic E-state index is 0.0314. The SMILES string of the molecule is C=C/C=c1/c(CN2CC3N(C(=O)CN(C)N3C(=O)Nc3ccc(C(F)(F)F)cc3)[C@@H](Cc3ccc(O)cc3)C2=O)cccc1=C. The number of amides is 4. The van der Waals surface area contributed by atoms with Gasteiger partial charge in [0.25, 0.3) is 0 Å². The van der Waals surface area contributed by atoms with E-state index in [1.165, 1.54) is 27.1 Å². The van der Waals surface area contributed by atoms with E-state index in [1.54, 1.807) is 36.2 Å². The number of hydrogen-bond donors (Lipinski definition) is 2. The summed E-state index contributed by atoms with van der Waals surface area (Å²) < 4.78 is 39.2. The van der Waals surface area contributed by atoms with Gasteiger partial charge in [-0.15, -0.1) is 0 Å². The minimum atomic E-state index is -4.53. The normalized spacial score (nSPS) is 19.5. The number of aromatic hydroxyl groups is 1. The van der Waals surface area contributed by atoms with Crippen molar-refractivity contribution in [2.45, 2.75) is 31.3 Å². The number of phenolic OH excluding ortho intramolecular Hbond substituents is 1. The van der Waals surface area contributed by atoms with Gasteiger partial charge in [0.05, 0.1) is 18.7 Å². The maximum absolute atomic E-state index is 14.1. The van der Waals surface area contributed by atoms with E-state index in [4.69, 9.17) is 0 Å². The van der Waals surface area contributed by atoms with Crippen molar-refractivity contribution in [1.29, 1.82) is 0 Å². The van der Waals surface area contributed by atoms with Crippen molar-refractivity contribution < 1.29 is 32.7 Å². The van der Waals surface area contributed by atoms with Gasteiger partial charge in [0.2, 0.25) is 11.8 Å². The first kappa shape index (κ1) is 31.3. The van der Waals surface area contributed by atoms with Crippen LogP contribution < -0.4 is 15.8 Å². The molecular formula is C33H32F3N5O4. The molecule has 1 unspecified atom stereocenters. The number of fused-ring (bicyclic) bond motifs is 1. The van der Waals surface area contributed by atoms with Crippen LogP contribution in [-0.4, -0.2) is 75.1 Å². The number of urea groups is 1. The van der Waals surface area contributed by atoms with Crippen LogP contribution in [-0.2, 0) is 28.7 Å². The van der Waals surface area contributed by atoms with Crippen molar-refractivity contribution in [1.82, 2.24) is 19.8 Å². The van der Waals surface area contributed by atoms with Crippen LogP contribution >= 0.6 is 0 Å². The molecule has 0 spiro atoms. The van der Waals surface area contributed by atoms with Gasteiger partial charge in [-0.1, -0.05) is 55.6 Å². The highest BCUT2D eigenvalue weighted by Gasteiger charge is 2.50. The van der Waals surface area contributed by atoms with Crippen molar-refractivity contribution in [2.75, 3.05) is 25.5 Å².